The Balaban J connectivity index is 1.89. The summed E-state index contributed by atoms with van der Waals surface area (Å²) in [5, 5.41) is 1.02. The molecule has 0 aliphatic heterocycles. The molecule has 1 aliphatic carbocycles. The second-order valence-corrected chi connectivity index (χ2v) is 5.99. The molecule has 3 rings (SSSR count). The van der Waals surface area contributed by atoms with Crippen molar-refractivity contribution in [2.45, 2.75) is 38.6 Å². The second kappa shape index (κ2) is 5.31. The number of nitrogens with zero attached hydrogens (tertiary/aromatic N) is 1. The van der Waals surface area contributed by atoms with Gasteiger partial charge in [0.2, 0.25) is 0 Å². The number of hydrogen-bond acceptors (Lipinski definition) is 1. The van der Waals surface area contributed by atoms with E-state index < -0.39 is 0 Å². The van der Waals surface area contributed by atoms with Crippen molar-refractivity contribution in [2.75, 3.05) is 7.05 Å². The van der Waals surface area contributed by atoms with Gasteiger partial charge in [-0.05, 0) is 37.0 Å². The van der Waals surface area contributed by atoms with Crippen molar-refractivity contribution in [3.63, 3.8) is 0 Å². The maximum Gasteiger partial charge on any atom is 0.254 e. The van der Waals surface area contributed by atoms with Crippen LogP contribution < -0.4 is 0 Å². The fourth-order valence-corrected chi connectivity index (χ4v) is 3.48. The zero-order chi connectivity index (χ0) is 14.1. The SMILES string of the molecule is CC1CCCCC1N(C)C(=O)c1cccc2[nH]ccc12. The highest BCUT2D eigenvalue weighted by molar-refractivity contribution is 6.06. The number of rotatable bonds is 2. The molecule has 106 valence electrons. The molecule has 1 fully saturated rings. The number of fused-ring (bicyclic) bond motifs is 1. The number of aromatic amines is 1. The lowest BCUT2D eigenvalue weighted by atomic mass is 9.85. The summed E-state index contributed by atoms with van der Waals surface area (Å²) < 4.78 is 0. The molecule has 3 nitrogen and oxygen atoms in total. The van der Waals surface area contributed by atoms with Gasteiger partial charge in [0.25, 0.3) is 5.91 Å². The first kappa shape index (κ1) is 13.2. The lowest BCUT2D eigenvalue weighted by Gasteiger charge is -2.36. The van der Waals surface area contributed by atoms with Gasteiger partial charge in [-0.1, -0.05) is 25.8 Å². The summed E-state index contributed by atoms with van der Waals surface area (Å²) in [6.45, 7) is 2.27. The Bertz CT molecular complexity index is 616. The molecule has 1 aromatic heterocycles. The van der Waals surface area contributed by atoms with Crippen LogP contribution in [0.15, 0.2) is 30.5 Å². The molecule has 2 aromatic rings. The summed E-state index contributed by atoms with van der Waals surface area (Å²) in [6.07, 6.45) is 6.79. The van der Waals surface area contributed by atoms with E-state index in [1.807, 2.05) is 42.4 Å². The van der Waals surface area contributed by atoms with Crippen LogP contribution in [0.2, 0.25) is 0 Å². The molecule has 0 saturated heterocycles. The standard InChI is InChI=1S/C17H22N2O/c1-12-6-3-4-9-16(12)19(2)17(20)14-7-5-8-15-13(14)10-11-18-15/h5,7-8,10-12,16,18H,3-4,6,9H2,1-2H3. The lowest BCUT2D eigenvalue weighted by molar-refractivity contribution is 0.0631. The van der Waals surface area contributed by atoms with E-state index in [-0.39, 0.29) is 5.91 Å². The summed E-state index contributed by atoms with van der Waals surface area (Å²) in [4.78, 5) is 17.9. The predicted molar refractivity (Wildman–Crippen MR) is 81.8 cm³/mol. The van der Waals surface area contributed by atoms with E-state index in [1.165, 1.54) is 19.3 Å². The Kier molecular flexibility index (Phi) is 3.51. The van der Waals surface area contributed by atoms with E-state index in [0.29, 0.717) is 12.0 Å². The Morgan fingerprint density at radius 2 is 2.05 bits per heavy atom. The van der Waals surface area contributed by atoms with E-state index in [1.54, 1.807) is 0 Å². The van der Waals surface area contributed by atoms with Gasteiger partial charge < -0.3 is 9.88 Å². The topological polar surface area (TPSA) is 36.1 Å². The van der Waals surface area contributed by atoms with E-state index >= 15 is 0 Å². The molecule has 1 amide bonds. The summed E-state index contributed by atoms with van der Waals surface area (Å²) in [5.41, 5.74) is 1.84. The van der Waals surface area contributed by atoms with Crippen LogP contribution in [0.5, 0.6) is 0 Å². The number of aromatic nitrogens is 1. The molecule has 2 atom stereocenters. The van der Waals surface area contributed by atoms with Crippen molar-refractivity contribution in [3.05, 3.63) is 36.0 Å². The largest absolute Gasteiger partial charge is 0.361 e. The van der Waals surface area contributed by atoms with Gasteiger partial charge in [-0.3, -0.25) is 4.79 Å². The number of hydrogen-bond donors (Lipinski definition) is 1. The molecule has 1 aliphatic rings. The zero-order valence-corrected chi connectivity index (χ0v) is 12.2. The summed E-state index contributed by atoms with van der Waals surface area (Å²) in [6, 6.07) is 8.26. The van der Waals surface area contributed by atoms with Gasteiger partial charge in [0.1, 0.15) is 0 Å². The molecule has 3 heteroatoms. The van der Waals surface area contributed by atoms with Crippen LogP contribution in [0.1, 0.15) is 43.0 Å². The van der Waals surface area contributed by atoms with Gasteiger partial charge in [-0.25, -0.2) is 0 Å². The van der Waals surface area contributed by atoms with E-state index in [2.05, 4.69) is 11.9 Å². The minimum absolute atomic E-state index is 0.147. The molecule has 1 aromatic carbocycles. The highest BCUT2D eigenvalue weighted by atomic mass is 16.2. The van der Waals surface area contributed by atoms with Gasteiger partial charge in [0.05, 0.1) is 0 Å². The highest BCUT2D eigenvalue weighted by Gasteiger charge is 2.28. The van der Waals surface area contributed by atoms with Crippen LogP contribution in [-0.2, 0) is 0 Å². The van der Waals surface area contributed by atoms with Crippen molar-refractivity contribution < 1.29 is 4.79 Å². The number of carbonyl (C=O) groups is 1. The fraction of sp³-hybridized carbons (Fsp3) is 0.471. The smallest absolute Gasteiger partial charge is 0.254 e. The zero-order valence-electron chi connectivity index (χ0n) is 12.2. The molecule has 0 radical (unpaired) electrons. The third-order valence-electron chi connectivity index (χ3n) is 4.71. The van der Waals surface area contributed by atoms with E-state index in [9.17, 15) is 4.79 Å². The summed E-state index contributed by atoms with van der Waals surface area (Å²) in [5.74, 6) is 0.747. The van der Waals surface area contributed by atoms with Crippen LogP contribution in [0.4, 0.5) is 0 Å². The Labute approximate surface area is 120 Å². The first-order chi connectivity index (χ1) is 9.68. The minimum atomic E-state index is 0.147. The van der Waals surface area contributed by atoms with Crippen molar-refractivity contribution in [3.8, 4) is 0 Å². The van der Waals surface area contributed by atoms with Gasteiger partial charge in [0, 0.05) is 35.8 Å². The van der Waals surface area contributed by atoms with Crippen molar-refractivity contribution >= 4 is 16.8 Å². The monoisotopic (exact) mass is 270 g/mol. The first-order valence-electron chi connectivity index (χ1n) is 7.52. The summed E-state index contributed by atoms with van der Waals surface area (Å²) >= 11 is 0. The van der Waals surface area contributed by atoms with Crippen molar-refractivity contribution in [1.82, 2.24) is 9.88 Å². The third-order valence-corrected chi connectivity index (χ3v) is 4.71. The van der Waals surface area contributed by atoms with Crippen LogP contribution in [0.3, 0.4) is 0 Å². The number of amides is 1. The molecule has 1 heterocycles. The number of carbonyl (C=O) groups excluding carboxylic acids is 1. The molecule has 0 spiro atoms. The van der Waals surface area contributed by atoms with Gasteiger partial charge in [0.15, 0.2) is 0 Å². The maximum absolute atomic E-state index is 12.8. The van der Waals surface area contributed by atoms with E-state index in [4.69, 9.17) is 0 Å². The van der Waals surface area contributed by atoms with Gasteiger partial charge in [-0.15, -0.1) is 0 Å². The molecular formula is C17H22N2O. The maximum atomic E-state index is 12.8. The highest BCUT2D eigenvalue weighted by Crippen LogP contribution is 2.29. The number of nitrogens with one attached hydrogen (secondary N) is 1. The van der Waals surface area contributed by atoms with Crippen LogP contribution in [0.25, 0.3) is 10.9 Å². The molecule has 0 bridgehead atoms. The minimum Gasteiger partial charge on any atom is -0.361 e. The predicted octanol–water partition coefficient (Wildman–Crippen LogP) is 3.82. The van der Waals surface area contributed by atoms with Crippen LogP contribution in [0, 0.1) is 5.92 Å². The third kappa shape index (κ3) is 2.21. The van der Waals surface area contributed by atoms with E-state index in [0.717, 1.165) is 22.9 Å². The van der Waals surface area contributed by atoms with Crippen LogP contribution >= 0.6 is 0 Å². The molecule has 2 unspecified atom stereocenters. The van der Waals surface area contributed by atoms with Gasteiger partial charge >= 0.3 is 0 Å². The van der Waals surface area contributed by atoms with Gasteiger partial charge in [-0.2, -0.15) is 0 Å². The van der Waals surface area contributed by atoms with Crippen molar-refractivity contribution in [1.29, 1.82) is 0 Å². The Morgan fingerprint density at radius 3 is 2.85 bits per heavy atom. The molecular weight excluding hydrogens is 248 g/mol. The lowest BCUT2D eigenvalue weighted by Crippen LogP contribution is -2.42. The number of H-pyrrole nitrogens is 1. The normalized spacial score (nSPS) is 22.9. The Morgan fingerprint density at radius 1 is 1.25 bits per heavy atom. The number of benzene rings is 1. The molecule has 20 heavy (non-hydrogen) atoms. The first-order valence-corrected chi connectivity index (χ1v) is 7.52. The quantitative estimate of drug-likeness (QED) is 0.884. The van der Waals surface area contributed by atoms with Crippen molar-refractivity contribution in [2.24, 2.45) is 5.92 Å². The fourth-order valence-electron chi connectivity index (χ4n) is 3.48. The molecule has 1 N–H and O–H groups in total. The summed E-state index contributed by atoms with van der Waals surface area (Å²) in [7, 11) is 1.96. The average Bonchev–Trinajstić information content (AvgIpc) is 2.94. The average molecular weight is 270 g/mol. The Hall–Kier alpha value is -1.77. The second-order valence-electron chi connectivity index (χ2n) is 5.99. The molecule has 1 saturated carbocycles. The van der Waals surface area contributed by atoms with Crippen LogP contribution in [-0.4, -0.2) is 28.9 Å².